The first-order valence-corrected chi connectivity index (χ1v) is 8.38. The Balaban J connectivity index is 1.87. The lowest BCUT2D eigenvalue weighted by Crippen LogP contribution is -2.50. The molecule has 1 spiro atoms. The van der Waals surface area contributed by atoms with Crippen molar-refractivity contribution in [1.82, 2.24) is 4.90 Å². The van der Waals surface area contributed by atoms with Crippen LogP contribution in [0.25, 0.3) is 0 Å². The van der Waals surface area contributed by atoms with Gasteiger partial charge in [0.1, 0.15) is 0 Å². The third kappa shape index (κ3) is 4.10. The molecule has 110 valence electrons. The fourth-order valence-electron chi connectivity index (χ4n) is 3.01. The van der Waals surface area contributed by atoms with E-state index in [1.54, 1.807) is 0 Å². The van der Waals surface area contributed by atoms with Gasteiger partial charge in [0.15, 0.2) is 0 Å². The number of nitrogens with zero attached hydrogens (tertiary/aromatic N) is 1. The second kappa shape index (κ2) is 6.95. The van der Waals surface area contributed by atoms with Crippen LogP contribution in [0, 0.1) is 0 Å². The van der Waals surface area contributed by atoms with E-state index in [0.717, 1.165) is 32.3 Å². The molecule has 0 aromatic rings. The first-order chi connectivity index (χ1) is 9.15. The molecule has 4 nitrogen and oxygen atoms in total. The molecule has 0 aliphatic carbocycles. The predicted octanol–water partition coefficient (Wildman–Crippen LogP) is 1.93. The van der Waals surface area contributed by atoms with Crippen LogP contribution in [-0.4, -0.2) is 60.8 Å². The second-order valence-corrected chi connectivity index (χ2v) is 6.74. The van der Waals surface area contributed by atoms with Gasteiger partial charge in [-0.3, -0.25) is 9.69 Å². The van der Waals surface area contributed by atoms with Gasteiger partial charge in [-0.2, -0.15) is 11.8 Å². The van der Waals surface area contributed by atoms with Gasteiger partial charge in [-0.15, -0.1) is 0 Å². The average Bonchev–Trinajstić information content (AvgIpc) is 2.40. The van der Waals surface area contributed by atoms with Crippen molar-refractivity contribution in [2.75, 3.05) is 38.3 Å². The zero-order valence-corrected chi connectivity index (χ0v) is 12.8. The highest BCUT2D eigenvalue weighted by Gasteiger charge is 2.40. The molecular formula is C14H25NO3S. The maximum absolute atomic E-state index is 11.6. The minimum Gasteiger partial charge on any atom is -0.465 e. The SMILES string of the molecule is CCOC(=O)CN(C)C1CCOC2(CCSCC2)C1. The van der Waals surface area contributed by atoms with Gasteiger partial charge in [-0.25, -0.2) is 0 Å². The molecule has 0 saturated carbocycles. The average molecular weight is 287 g/mol. The fourth-order valence-corrected chi connectivity index (χ4v) is 4.25. The topological polar surface area (TPSA) is 38.8 Å². The molecule has 0 aromatic carbocycles. The third-order valence-corrected chi connectivity index (χ3v) is 5.16. The smallest absolute Gasteiger partial charge is 0.320 e. The van der Waals surface area contributed by atoms with Crippen molar-refractivity contribution < 1.29 is 14.3 Å². The molecular weight excluding hydrogens is 262 g/mol. The highest BCUT2D eigenvalue weighted by Crippen LogP contribution is 2.38. The first-order valence-electron chi connectivity index (χ1n) is 7.23. The van der Waals surface area contributed by atoms with Crippen molar-refractivity contribution in [3.8, 4) is 0 Å². The predicted molar refractivity (Wildman–Crippen MR) is 77.5 cm³/mol. The Morgan fingerprint density at radius 2 is 2.21 bits per heavy atom. The number of carbonyl (C=O) groups excluding carboxylic acids is 1. The highest BCUT2D eigenvalue weighted by molar-refractivity contribution is 7.99. The van der Waals surface area contributed by atoms with Crippen LogP contribution in [-0.2, 0) is 14.3 Å². The largest absolute Gasteiger partial charge is 0.465 e. The zero-order valence-electron chi connectivity index (χ0n) is 12.0. The molecule has 2 aliphatic rings. The molecule has 0 N–H and O–H groups in total. The lowest BCUT2D eigenvalue weighted by atomic mass is 9.85. The van der Waals surface area contributed by atoms with Gasteiger partial charge in [0.25, 0.3) is 0 Å². The summed E-state index contributed by atoms with van der Waals surface area (Å²) >= 11 is 2.02. The molecule has 1 unspecified atom stereocenters. The van der Waals surface area contributed by atoms with Crippen molar-refractivity contribution in [3.63, 3.8) is 0 Å². The quantitative estimate of drug-likeness (QED) is 0.739. The van der Waals surface area contributed by atoms with Crippen molar-refractivity contribution >= 4 is 17.7 Å². The molecule has 2 aliphatic heterocycles. The molecule has 0 aromatic heterocycles. The summed E-state index contributed by atoms with van der Waals surface area (Å²) in [4.78, 5) is 13.7. The normalized spacial score (nSPS) is 26.6. The number of hydrogen-bond acceptors (Lipinski definition) is 5. The molecule has 19 heavy (non-hydrogen) atoms. The number of esters is 1. The summed E-state index contributed by atoms with van der Waals surface area (Å²) in [5, 5.41) is 0. The monoisotopic (exact) mass is 287 g/mol. The number of ether oxygens (including phenoxy) is 2. The van der Waals surface area contributed by atoms with Crippen LogP contribution in [0.3, 0.4) is 0 Å². The van der Waals surface area contributed by atoms with Crippen LogP contribution in [0.5, 0.6) is 0 Å². The van der Waals surface area contributed by atoms with Crippen molar-refractivity contribution in [2.24, 2.45) is 0 Å². The first kappa shape index (κ1) is 15.1. The minimum atomic E-state index is -0.121. The Morgan fingerprint density at radius 3 is 2.89 bits per heavy atom. The third-order valence-electron chi connectivity index (χ3n) is 4.18. The summed E-state index contributed by atoms with van der Waals surface area (Å²) in [6.07, 6.45) is 4.39. The molecule has 2 saturated heterocycles. The Bertz CT molecular complexity index is 300. The Kier molecular flexibility index (Phi) is 5.54. The van der Waals surface area contributed by atoms with E-state index in [4.69, 9.17) is 9.47 Å². The van der Waals surface area contributed by atoms with E-state index in [-0.39, 0.29) is 11.6 Å². The van der Waals surface area contributed by atoms with Gasteiger partial charge in [0.2, 0.25) is 0 Å². The number of likely N-dealkylation sites (N-methyl/N-ethyl adjacent to an activating group) is 1. The number of rotatable bonds is 4. The molecule has 2 heterocycles. The van der Waals surface area contributed by atoms with Gasteiger partial charge in [-0.1, -0.05) is 0 Å². The summed E-state index contributed by atoms with van der Waals surface area (Å²) < 4.78 is 11.1. The van der Waals surface area contributed by atoms with Crippen LogP contribution >= 0.6 is 11.8 Å². The van der Waals surface area contributed by atoms with E-state index in [1.165, 1.54) is 11.5 Å². The zero-order chi connectivity index (χ0) is 13.7. The van der Waals surface area contributed by atoms with Crippen LogP contribution in [0.15, 0.2) is 0 Å². The molecule has 1 atom stereocenters. The van der Waals surface area contributed by atoms with Gasteiger partial charge >= 0.3 is 5.97 Å². The molecule has 0 radical (unpaired) electrons. The second-order valence-electron chi connectivity index (χ2n) is 5.51. The van der Waals surface area contributed by atoms with Gasteiger partial charge in [-0.05, 0) is 51.2 Å². The van der Waals surface area contributed by atoms with E-state index in [9.17, 15) is 4.79 Å². The maximum atomic E-state index is 11.6. The van der Waals surface area contributed by atoms with Crippen molar-refractivity contribution in [3.05, 3.63) is 0 Å². The maximum Gasteiger partial charge on any atom is 0.320 e. The van der Waals surface area contributed by atoms with Crippen LogP contribution in [0.1, 0.15) is 32.6 Å². The summed E-state index contributed by atoms with van der Waals surface area (Å²) in [6.45, 7) is 3.52. The summed E-state index contributed by atoms with van der Waals surface area (Å²) in [7, 11) is 2.03. The van der Waals surface area contributed by atoms with E-state index in [1.807, 2.05) is 25.7 Å². The fraction of sp³-hybridized carbons (Fsp3) is 0.929. The standard InChI is InChI=1S/C14H25NO3S/c1-3-17-13(16)11-15(2)12-4-7-18-14(10-12)5-8-19-9-6-14/h12H,3-11H2,1-2H3. The minimum absolute atomic E-state index is 0.0804. The van der Waals surface area contributed by atoms with Gasteiger partial charge < -0.3 is 9.47 Å². The Labute approximate surface area is 120 Å². The Hall–Kier alpha value is -0.260. The number of hydrogen-bond donors (Lipinski definition) is 0. The van der Waals surface area contributed by atoms with E-state index < -0.39 is 0 Å². The Morgan fingerprint density at radius 1 is 1.47 bits per heavy atom. The van der Waals surface area contributed by atoms with Crippen molar-refractivity contribution in [1.29, 1.82) is 0 Å². The summed E-state index contributed by atoms with van der Waals surface area (Å²) in [5.74, 6) is 2.28. The highest BCUT2D eigenvalue weighted by atomic mass is 32.2. The van der Waals surface area contributed by atoms with Crippen molar-refractivity contribution in [2.45, 2.75) is 44.2 Å². The molecule has 0 bridgehead atoms. The summed E-state index contributed by atoms with van der Waals surface area (Å²) in [5.41, 5.74) is 0.0804. The lowest BCUT2D eigenvalue weighted by molar-refractivity contribution is -0.147. The van der Waals surface area contributed by atoms with Gasteiger partial charge in [0, 0.05) is 12.6 Å². The van der Waals surface area contributed by atoms with E-state index in [0.29, 0.717) is 19.2 Å². The van der Waals surface area contributed by atoms with E-state index >= 15 is 0 Å². The van der Waals surface area contributed by atoms with E-state index in [2.05, 4.69) is 4.90 Å². The summed E-state index contributed by atoms with van der Waals surface area (Å²) in [6, 6.07) is 0.446. The lowest BCUT2D eigenvalue weighted by Gasteiger charge is -2.45. The number of carbonyl (C=O) groups is 1. The van der Waals surface area contributed by atoms with Crippen LogP contribution < -0.4 is 0 Å². The molecule has 0 amide bonds. The molecule has 2 fully saturated rings. The molecule has 2 rings (SSSR count). The van der Waals surface area contributed by atoms with Gasteiger partial charge in [0.05, 0.1) is 18.8 Å². The number of thioether (sulfide) groups is 1. The van der Waals surface area contributed by atoms with Crippen LogP contribution in [0.4, 0.5) is 0 Å². The molecule has 5 heteroatoms. The van der Waals surface area contributed by atoms with Crippen LogP contribution in [0.2, 0.25) is 0 Å².